The highest BCUT2D eigenvalue weighted by atomic mass is 32.2. The van der Waals surface area contributed by atoms with Crippen LogP contribution < -0.4 is 10.5 Å². The third-order valence-electron chi connectivity index (χ3n) is 6.54. The number of piperidine rings is 1. The summed E-state index contributed by atoms with van der Waals surface area (Å²) < 4.78 is 33.3. The minimum absolute atomic E-state index is 0.259. The fourth-order valence-corrected chi connectivity index (χ4v) is 6.67. The number of aryl methyl sites for hydroxylation is 1. The Bertz CT molecular complexity index is 1470. The van der Waals surface area contributed by atoms with E-state index in [2.05, 4.69) is 19.5 Å². The molecule has 0 bridgehead atoms. The second-order valence-electron chi connectivity index (χ2n) is 8.96. The van der Waals surface area contributed by atoms with Gasteiger partial charge in [-0.15, -0.1) is 0 Å². The Balaban J connectivity index is 1.48. The zero-order valence-corrected chi connectivity index (χ0v) is 21.8. The Morgan fingerprint density at radius 2 is 2.14 bits per heavy atom. The third-order valence-corrected chi connectivity index (χ3v) is 8.86. The van der Waals surface area contributed by atoms with E-state index in [-0.39, 0.29) is 5.92 Å². The van der Waals surface area contributed by atoms with E-state index in [1.54, 1.807) is 11.4 Å². The highest BCUT2D eigenvalue weighted by Crippen LogP contribution is 2.39. The van der Waals surface area contributed by atoms with Crippen LogP contribution in [0.1, 0.15) is 19.3 Å². The van der Waals surface area contributed by atoms with Gasteiger partial charge in [0.15, 0.2) is 22.1 Å². The number of anilines is 1. The molecule has 1 aliphatic heterocycles. The van der Waals surface area contributed by atoms with Gasteiger partial charge in [0.25, 0.3) is 0 Å². The molecule has 4 heterocycles. The van der Waals surface area contributed by atoms with Gasteiger partial charge in [-0.25, -0.2) is 27.7 Å². The number of methoxy groups -OCH3 is 1. The van der Waals surface area contributed by atoms with E-state index in [0.29, 0.717) is 36.6 Å². The second-order valence-corrected chi connectivity index (χ2v) is 12.0. The Labute approximate surface area is 214 Å². The molecule has 0 aliphatic carbocycles. The van der Waals surface area contributed by atoms with Crippen LogP contribution in [-0.4, -0.2) is 63.7 Å². The van der Waals surface area contributed by atoms with Gasteiger partial charge in [-0.05, 0) is 55.0 Å². The number of benzene rings is 1. The van der Waals surface area contributed by atoms with E-state index in [9.17, 15) is 8.42 Å². The van der Waals surface area contributed by atoms with Crippen LogP contribution in [-0.2, 0) is 16.6 Å². The molecule has 1 saturated heterocycles. The maximum absolute atomic E-state index is 12.1. The molecule has 1 unspecified atom stereocenters. The van der Waals surface area contributed by atoms with Crippen molar-refractivity contribution in [2.24, 2.45) is 5.92 Å². The minimum atomic E-state index is -3.19. The molecule has 1 aromatic carbocycles. The molecule has 1 fully saturated rings. The van der Waals surface area contributed by atoms with Crippen molar-refractivity contribution in [2.75, 3.05) is 32.2 Å². The number of hydrogen-bond acceptors (Lipinski definition) is 8. The van der Waals surface area contributed by atoms with Gasteiger partial charge in [-0.2, -0.15) is 0 Å². The molecule has 1 aliphatic rings. The number of H-pyrrole nitrogens is 1. The van der Waals surface area contributed by atoms with Gasteiger partial charge in [0, 0.05) is 42.5 Å². The quantitative estimate of drug-likeness (QED) is 0.355. The molecule has 12 heteroatoms. The van der Waals surface area contributed by atoms with Gasteiger partial charge in [-0.1, -0.05) is 11.8 Å². The summed E-state index contributed by atoms with van der Waals surface area (Å²) in [6, 6.07) is 7.99. The average Bonchev–Trinajstić information content (AvgIpc) is 3.51. The van der Waals surface area contributed by atoms with Crippen molar-refractivity contribution >= 4 is 38.8 Å². The first-order valence-corrected chi connectivity index (χ1v) is 14.4. The molecule has 10 nitrogen and oxygen atoms in total. The molecule has 3 aromatic heterocycles. The number of nitrogens with two attached hydrogens (primary N) is 1. The molecule has 0 amide bonds. The number of ether oxygens (including phenoxy) is 1. The summed E-state index contributed by atoms with van der Waals surface area (Å²) in [5.74, 6) is 1.34. The van der Waals surface area contributed by atoms with Crippen molar-refractivity contribution < 1.29 is 13.2 Å². The van der Waals surface area contributed by atoms with E-state index in [4.69, 9.17) is 15.5 Å². The molecule has 5 rings (SSSR count). The molecule has 0 saturated carbocycles. The van der Waals surface area contributed by atoms with Crippen LogP contribution in [0.25, 0.3) is 22.3 Å². The molecule has 0 radical (unpaired) electrons. The Kier molecular flexibility index (Phi) is 6.91. The first-order valence-electron chi connectivity index (χ1n) is 11.7. The number of rotatable bonds is 8. The van der Waals surface area contributed by atoms with Gasteiger partial charge in [-0.3, -0.25) is 0 Å². The molecule has 4 aromatic rings. The van der Waals surface area contributed by atoms with Crippen LogP contribution in [0.15, 0.2) is 53.0 Å². The van der Waals surface area contributed by atoms with Crippen molar-refractivity contribution in [1.29, 1.82) is 0 Å². The molecule has 1 atom stereocenters. The largest absolute Gasteiger partial charge is 0.497 e. The lowest BCUT2D eigenvalue weighted by Gasteiger charge is -2.31. The summed E-state index contributed by atoms with van der Waals surface area (Å²) in [4.78, 5) is 17.5. The van der Waals surface area contributed by atoms with Crippen LogP contribution in [0, 0.1) is 5.92 Å². The second kappa shape index (κ2) is 10.1. The first kappa shape index (κ1) is 24.6. The van der Waals surface area contributed by atoms with Gasteiger partial charge in [0.2, 0.25) is 10.0 Å². The smallest absolute Gasteiger partial charge is 0.211 e. The number of nitrogens with zero attached hydrogens (tertiary/aromatic N) is 5. The minimum Gasteiger partial charge on any atom is -0.497 e. The summed E-state index contributed by atoms with van der Waals surface area (Å²) in [6.45, 7) is 1.77. The zero-order valence-electron chi connectivity index (χ0n) is 20.2. The van der Waals surface area contributed by atoms with Crippen LogP contribution in [0.4, 0.5) is 5.82 Å². The number of nitrogens with one attached hydrogen (secondary N) is 1. The summed E-state index contributed by atoms with van der Waals surface area (Å²) in [6.07, 6.45) is 9.24. The predicted molar refractivity (Wildman–Crippen MR) is 140 cm³/mol. The van der Waals surface area contributed by atoms with Crippen LogP contribution >= 0.6 is 11.8 Å². The van der Waals surface area contributed by atoms with Gasteiger partial charge in [0.1, 0.15) is 12.1 Å². The first-order chi connectivity index (χ1) is 17.3. The Hall–Kier alpha value is -3.09. The molecular formula is C24H29N7O3S2. The van der Waals surface area contributed by atoms with E-state index in [0.717, 1.165) is 46.2 Å². The number of aromatic nitrogens is 5. The predicted octanol–water partition coefficient (Wildman–Crippen LogP) is 3.63. The topological polar surface area (TPSA) is 132 Å². The van der Waals surface area contributed by atoms with E-state index in [1.807, 2.05) is 36.7 Å². The Morgan fingerprint density at radius 1 is 1.28 bits per heavy atom. The fourth-order valence-electron chi connectivity index (χ4n) is 4.63. The molecular weight excluding hydrogens is 498 g/mol. The summed E-state index contributed by atoms with van der Waals surface area (Å²) in [5, 5.41) is 0.748. The molecule has 36 heavy (non-hydrogen) atoms. The van der Waals surface area contributed by atoms with Crippen LogP contribution in [0.3, 0.4) is 0 Å². The highest BCUT2D eigenvalue weighted by molar-refractivity contribution is 7.99. The van der Waals surface area contributed by atoms with Gasteiger partial charge < -0.3 is 20.0 Å². The molecule has 3 N–H and O–H groups in total. The van der Waals surface area contributed by atoms with Crippen LogP contribution in [0.5, 0.6) is 5.75 Å². The zero-order chi connectivity index (χ0) is 25.3. The van der Waals surface area contributed by atoms with E-state index < -0.39 is 10.0 Å². The lowest BCUT2D eigenvalue weighted by Crippen LogP contribution is -2.39. The molecule has 190 valence electrons. The van der Waals surface area contributed by atoms with Crippen molar-refractivity contribution in [3.05, 3.63) is 43.0 Å². The SMILES string of the molecule is COc1ccc(-c2cc[nH]c2)c(Sc2nc3c(N)ncnc3n2CCC2CCCN(S(C)(=O)=O)C2)c1. The molecule has 0 spiro atoms. The third kappa shape index (κ3) is 5.06. The van der Waals surface area contributed by atoms with Crippen molar-refractivity contribution in [1.82, 2.24) is 28.8 Å². The normalized spacial score (nSPS) is 17.0. The fraction of sp³-hybridized carbons (Fsp3) is 0.375. The summed E-state index contributed by atoms with van der Waals surface area (Å²) in [7, 11) is -1.55. The number of imidazole rings is 1. The number of aromatic amines is 1. The van der Waals surface area contributed by atoms with Crippen molar-refractivity contribution in [2.45, 2.75) is 35.9 Å². The van der Waals surface area contributed by atoms with Gasteiger partial charge >= 0.3 is 0 Å². The Morgan fingerprint density at radius 3 is 2.89 bits per heavy atom. The summed E-state index contributed by atoms with van der Waals surface area (Å²) >= 11 is 1.52. The van der Waals surface area contributed by atoms with E-state index in [1.165, 1.54) is 24.3 Å². The number of sulfonamides is 1. The van der Waals surface area contributed by atoms with Crippen molar-refractivity contribution in [3.63, 3.8) is 0 Å². The lowest BCUT2D eigenvalue weighted by molar-refractivity contribution is 0.249. The lowest BCUT2D eigenvalue weighted by atomic mass is 9.96. The van der Waals surface area contributed by atoms with Crippen LogP contribution in [0.2, 0.25) is 0 Å². The summed E-state index contributed by atoms with van der Waals surface area (Å²) in [5.41, 5.74) is 9.50. The monoisotopic (exact) mass is 527 g/mol. The average molecular weight is 528 g/mol. The maximum atomic E-state index is 12.1. The number of hydrogen-bond donors (Lipinski definition) is 2. The van der Waals surface area contributed by atoms with Gasteiger partial charge in [0.05, 0.1) is 13.4 Å². The maximum Gasteiger partial charge on any atom is 0.211 e. The number of fused-ring (bicyclic) bond motifs is 1. The number of nitrogen functional groups attached to an aromatic ring is 1. The standard InChI is InChI=1S/C24H29N7O3S2/c1-34-18-5-6-19(17-7-9-26-13-17)20(12-18)35-24-29-21-22(25)27-15-28-23(21)31(24)11-8-16-4-3-10-30(14-16)36(2,32)33/h5-7,9,12-13,15-16,26H,3-4,8,10-11,14H2,1-2H3,(H2,25,27,28). The highest BCUT2D eigenvalue weighted by Gasteiger charge is 2.26. The van der Waals surface area contributed by atoms with Crippen molar-refractivity contribution in [3.8, 4) is 16.9 Å². The van der Waals surface area contributed by atoms with E-state index >= 15 is 0 Å².